The van der Waals surface area contributed by atoms with Gasteiger partial charge < -0.3 is 0 Å². The molecule has 1 heterocycles. The molecule has 0 amide bonds. The van der Waals surface area contributed by atoms with Gasteiger partial charge in [0.2, 0.25) is 0 Å². The molecule has 2 nitrogen and oxygen atoms in total. The Morgan fingerprint density at radius 1 is 1.20 bits per heavy atom. The van der Waals surface area contributed by atoms with Crippen molar-refractivity contribution >= 4 is 22.6 Å². The molecule has 110 valence electrons. The summed E-state index contributed by atoms with van der Waals surface area (Å²) in [7, 11) is 0. The summed E-state index contributed by atoms with van der Waals surface area (Å²) in [5, 5.41) is 1.17. The van der Waals surface area contributed by atoms with Crippen molar-refractivity contribution in [3.63, 3.8) is 0 Å². The second-order valence-corrected chi connectivity index (χ2v) is 9.16. The van der Waals surface area contributed by atoms with Gasteiger partial charge in [0.05, 0.1) is 21.8 Å². The van der Waals surface area contributed by atoms with E-state index >= 15 is 0 Å². The van der Waals surface area contributed by atoms with Crippen molar-refractivity contribution in [2.24, 2.45) is 16.8 Å². The number of thioether (sulfide) groups is 1. The highest BCUT2D eigenvalue weighted by Gasteiger charge is 2.51. The largest absolute Gasteiger partial charge is 0.298 e. The van der Waals surface area contributed by atoms with Crippen LogP contribution in [-0.4, -0.2) is 21.1 Å². The van der Waals surface area contributed by atoms with Crippen LogP contribution in [0.3, 0.4) is 0 Å². The first-order valence-corrected chi connectivity index (χ1v) is 9.22. The molecule has 4 fully saturated rings. The highest BCUT2D eigenvalue weighted by atomic mass is 32.2. The fourth-order valence-corrected chi connectivity index (χ4v) is 6.77. The zero-order valence-corrected chi connectivity index (χ0v) is 13.3. The Balaban J connectivity index is 1.55. The number of nitrogens with zero attached hydrogens (tertiary/aromatic N) is 1. The van der Waals surface area contributed by atoms with Crippen LogP contribution >= 0.6 is 11.8 Å². The van der Waals surface area contributed by atoms with Crippen molar-refractivity contribution in [2.45, 2.75) is 81.4 Å². The maximum Gasteiger partial charge on any atom is 0.155 e. The summed E-state index contributed by atoms with van der Waals surface area (Å²) in [5.74, 6) is 2.19. The summed E-state index contributed by atoms with van der Waals surface area (Å²) in [6.07, 6.45) is 12.0. The summed E-state index contributed by atoms with van der Waals surface area (Å²) >= 11 is 1.86. The minimum absolute atomic E-state index is 0.0644. The van der Waals surface area contributed by atoms with E-state index in [1.807, 2.05) is 11.8 Å². The molecule has 0 aromatic carbocycles. The van der Waals surface area contributed by atoms with Crippen LogP contribution < -0.4 is 0 Å². The lowest BCUT2D eigenvalue weighted by Gasteiger charge is -2.32. The lowest BCUT2D eigenvalue weighted by Crippen LogP contribution is -2.32. The Hall–Kier alpha value is -0.310. The van der Waals surface area contributed by atoms with Crippen molar-refractivity contribution in [3.8, 4) is 0 Å². The van der Waals surface area contributed by atoms with Gasteiger partial charge in [0.25, 0.3) is 0 Å². The molecule has 1 aliphatic heterocycles. The summed E-state index contributed by atoms with van der Waals surface area (Å²) in [4.78, 5) is 17.6. The summed E-state index contributed by atoms with van der Waals surface area (Å²) in [5.41, 5.74) is 0.158. The Morgan fingerprint density at radius 3 is 2.65 bits per heavy atom. The molecule has 3 aliphatic carbocycles. The molecule has 4 rings (SSSR count). The summed E-state index contributed by atoms with van der Waals surface area (Å²) in [6, 6.07) is 0. The zero-order chi connectivity index (χ0) is 13.8. The van der Waals surface area contributed by atoms with Crippen molar-refractivity contribution in [2.75, 3.05) is 0 Å². The molecular formula is C17H25NOS. The molecule has 1 saturated heterocycles. The van der Waals surface area contributed by atoms with E-state index in [2.05, 4.69) is 6.92 Å². The molecular weight excluding hydrogens is 266 g/mol. The highest BCUT2D eigenvalue weighted by Crippen LogP contribution is 2.54. The van der Waals surface area contributed by atoms with E-state index in [0.717, 1.165) is 24.7 Å². The van der Waals surface area contributed by atoms with Crippen LogP contribution in [0.5, 0.6) is 0 Å². The monoisotopic (exact) mass is 291 g/mol. The lowest BCUT2D eigenvalue weighted by molar-refractivity contribution is -0.120. The molecule has 3 heteroatoms. The summed E-state index contributed by atoms with van der Waals surface area (Å²) in [6.45, 7) is 2.35. The van der Waals surface area contributed by atoms with E-state index in [1.54, 1.807) is 0 Å². The van der Waals surface area contributed by atoms with Gasteiger partial charge in [-0.25, -0.2) is 0 Å². The molecule has 0 radical (unpaired) electrons. The van der Waals surface area contributed by atoms with Crippen LogP contribution in [0.2, 0.25) is 0 Å². The van der Waals surface area contributed by atoms with Crippen molar-refractivity contribution < 1.29 is 4.79 Å². The Morgan fingerprint density at radius 2 is 2.00 bits per heavy atom. The molecule has 1 spiro atoms. The van der Waals surface area contributed by atoms with E-state index < -0.39 is 0 Å². The van der Waals surface area contributed by atoms with Crippen LogP contribution in [0.1, 0.15) is 71.1 Å². The smallest absolute Gasteiger partial charge is 0.155 e. The van der Waals surface area contributed by atoms with Crippen LogP contribution in [0.4, 0.5) is 0 Å². The number of carbonyl (C=O) groups excluding carboxylic acids is 1. The van der Waals surface area contributed by atoms with E-state index in [4.69, 9.17) is 4.99 Å². The first kappa shape index (κ1) is 13.4. The number of Topliss-reactive ketones (excluding diaryl/α,β-unsaturated/α-hetero) is 1. The molecule has 3 atom stereocenters. The maximum absolute atomic E-state index is 12.5. The van der Waals surface area contributed by atoms with Crippen LogP contribution in [0.15, 0.2) is 4.99 Å². The van der Waals surface area contributed by atoms with Gasteiger partial charge in [-0.05, 0) is 57.3 Å². The Labute approximate surface area is 126 Å². The third kappa shape index (κ3) is 2.00. The number of aliphatic imine (C=N–C) groups is 1. The first-order valence-electron chi connectivity index (χ1n) is 8.41. The fraction of sp³-hybridized carbons (Fsp3) is 0.882. The van der Waals surface area contributed by atoms with Crippen LogP contribution in [-0.2, 0) is 4.79 Å². The lowest BCUT2D eigenvalue weighted by atomic mass is 9.83. The average Bonchev–Trinajstić information content (AvgIpc) is 3.06. The number of hydrogen-bond donors (Lipinski definition) is 0. The van der Waals surface area contributed by atoms with Gasteiger partial charge in [0, 0.05) is 0 Å². The number of hydrogen-bond acceptors (Lipinski definition) is 3. The van der Waals surface area contributed by atoms with Crippen LogP contribution in [0.25, 0.3) is 0 Å². The number of carbonyl (C=O) groups is 1. The molecule has 0 unspecified atom stereocenters. The Kier molecular flexibility index (Phi) is 3.07. The summed E-state index contributed by atoms with van der Waals surface area (Å²) < 4.78 is -0.0644. The first-order chi connectivity index (χ1) is 9.60. The maximum atomic E-state index is 12.5. The number of rotatable bonds is 1. The van der Waals surface area contributed by atoms with Crippen molar-refractivity contribution in [1.29, 1.82) is 0 Å². The predicted octanol–water partition coefficient (Wildman–Crippen LogP) is 4.37. The topological polar surface area (TPSA) is 29.4 Å². The minimum Gasteiger partial charge on any atom is -0.298 e. The molecule has 20 heavy (non-hydrogen) atoms. The SMILES string of the molecule is C[C@@]1(N=C2CC(=O)C3(CCCCC3)S2)C[C@H]2CC[C@@H]1C2. The molecule has 3 saturated carbocycles. The normalized spacial score (nSPS) is 44.9. The van der Waals surface area contributed by atoms with E-state index in [9.17, 15) is 4.79 Å². The third-order valence-corrected chi connectivity index (χ3v) is 7.80. The third-order valence-electron chi connectivity index (χ3n) is 6.30. The standard InChI is InChI=1S/C17H25NOS/c1-16(11-12-5-6-13(16)9-12)18-15-10-14(19)17(20-15)7-3-2-4-8-17/h12-13H,2-11H2,1H3/t12-,13+,16+/m0/s1. The van der Waals surface area contributed by atoms with Gasteiger partial charge in [-0.3, -0.25) is 9.79 Å². The predicted molar refractivity (Wildman–Crippen MR) is 84.3 cm³/mol. The highest BCUT2D eigenvalue weighted by molar-refractivity contribution is 8.16. The second-order valence-electron chi connectivity index (χ2n) is 7.70. The van der Waals surface area contributed by atoms with Crippen molar-refractivity contribution in [1.82, 2.24) is 0 Å². The molecule has 4 aliphatic rings. The Bertz CT molecular complexity index is 466. The van der Waals surface area contributed by atoms with Gasteiger partial charge in [-0.15, -0.1) is 0 Å². The molecule has 0 N–H and O–H groups in total. The molecule has 0 aromatic heterocycles. The minimum atomic E-state index is -0.0644. The van der Waals surface area contributed by atoms with Gasteiger partial charge in [-0.1, -0.05) is 31.0 Å². The van der Waals surface area contributed by atoms with E-state index in [-0.39, 0.29) is 10.3 Å². The van der Waals surface area contributed by atoms with Crippen molar-refractivity contribution in [3.05, 3.63) is 0 Å². The second kappa shape index (κ2) is 4.59. The van der Waals surface area contributed by atoms with E-state index in [1.165, 1.54) is 50.0 Å². The zero-order valence-electron chi connectivity index (χ0n) is 12.5. The van der Waals surface area contributed by atoms with E-state index in [0.29, 0.717) is 12.2 Å². The van der Waals surface area contributed by atoms with Gasteiger partial charge in [-0.2, -0.15) is 0 Å². The number of fused-ring (bicyclic) bond motifs is 2. The van der Waals surface area contributed by atoms with Gasteiger partial charge in [0.15, 0.2) is 5.78 Å². The van der Waals surface area contributed by atoms with Gasteiger partial charge >= 0.3 is 0 Å². The molecule has 0 aromatic rings. The average molecular weight is 291 g/mol. The number of ketones is 1. The quantitative estimate of drug-likeness (QED) is 0.718. The van der Waals surface area contributed by atoms with Gasteiger partial charge in [0.1, 0.15) is 0 Å². The molecule has 2 bridgehead atoms. The van der Waals surface area contributed by atoms with Crippen LogP contribution in [0, 0.1) is 11.8 Å². The fourth-order valence-electron chi connectivity index (χ4n) is 5.18.